The Morgan fingerprint density at radius 3 is 1.61 bits per heavy atom. The van der Waals surface area contributed by atoms with Crippen LogP contribution in [0.15, 0.2) is 103 Å². The van der Waals surface area contributed by atoms with Gasteiger partial charge in [0.25, 0.3) is 0 Å². The molecule has 0 aliphatic heterocycles. The Morgan fingerprint density at radius 1 is 0.435 bits per heavy atom. The summed E-state index contributed by atoms with van der Waals surface area (Å²) in [6, 6.07) is 36.8. The van der Waals surface area contributed by atoms with Gasteiger partial charge in [0.05, 0.1) is 0 Å². The normalized spacial score (nSPS) is 11.0. The zero-order valence-corrected chi connectivity index (χ0v) is 12.9. The summed E-state index contributed by atoms with van der Waals surface area (Å²) in [6.07, 6.45) is 0. The molecule has 0 heterocycles. The Balaban J connectivity index is 1.98. The van der Waals surface area contributed by atoms with E-state index in [1.54, 1.807) is 0 Å². The Bertz CT molecular complexity index is 863. The highest BCUT2D eigenvalue weighted by Gasteiger charge is 2.18. The van der Waals surface area contributed by atoms with Crippen LogP contribution >= 0.6 is 0 Å². The molecular formula is C23H18. The highest BCUT2D eigenvalue weighted by atomic mass is 14.2. The van der Waals surface area contributed by atoms with E-state index in [1.165, 1.54) is 27.5 Å². The number of benzene rings is 4. The van der Waals surface area contributed by atoms with Gasteiger partial charge in [-0.3, -0.25) is 0 Å². The van der Waals surface area contributed by atoms with Gasteiger partial charge in [0, 0.05) is 5.92 Å². The Kier molecular flexibility index (Phi) is 3.65. The van der Waals surface area contributed by atoms with Gasteiger partial charge in [0.2, 0.25) is 0 Å². The van der Waals surface area contributed by atoms with Gasteiger partial charge >= 0.3 is 0 Å². The fraction of sp³-hybridized carbons (Fsp3) is 0.0435. The van der Waals surface area contributed by atoms with E-state index in [9.17, 15) is 0 Å². The third-order valence-corrected chi connectivity index (χ3v) is 4.40. The van der Waals surface area contributed by atoms with Gasteiger partial charge in [-0.05, 0) is 27.5 Å². The van der Waals surface area contributed by atoms with Crippen molar-refractivity contribution in [3.05, 3.63) is 120 Å². The second-order valence-corrected chi connectivity index (χ2v) is 5.82. The van der Waals surface area contributed by atoms with Crippen LogP contribution in [-0.2, 0) is 0 Å². The molecule has 0 nitrogen and oxygen atoms in total. The van der Waals surface area contributed by atoms with E-state index in [0.717, 1.165) is 0 Å². The van der Waals surface area contributed by atoms with Crippen molar-refractivity contribution in [3.63, 3.8) is 0 Å². The van der Waals surface area contributed by atoms with Gasteiger partial charge in [-0.15, -0.1) is 0 Å². The molecule has 0 radical (unpaired) electrons. The number of fused-ring (bicyclic) bond motifs is 1. The fourth-order valence-corrected chi connectivity index (χ4v) is 3.34. The summed E-state index contributed by atoms with van der Waals surface area (Å²) in [4.78, 5) is 0. The molecular weight excluding hydrogens is 276 g/mol. The summed E-state index contributed by atoms with van der Waals surface area (Å²) in [6.45, 7) is 0. The van der Waals surface area contributed by atoms with Crippen LogP contribution in [0.3, 0.4) is 0 Å². The number of hydrogen-bond acceptors (Lipinski definition) is 0. The van der Waals surface area contributed by atoms with E-state index < -0.39 is 0 Å². The van der Waals surface area contributed by atoms with Crippen molar-refractivity contribution in [2.45, 2.75) is 5.92 Å². The molecule has 0 bridgehead atoms. The fourth-order valence-electron chi connectivity index (χ4n) is 3.34. The van der Waals surface area contributed by atoms with E-state index >= 15 is 0 Å². The Morgan fingerprint density at radius 2 is 0.957 bits per heavy atom. The van der Waals surface area contributed by atoms with E-state index in [0.29, 0.717) is 0 Å². The molecule has 0 spiro atoms. The first-order valence-corrected chi connectivity index (χ1v) is 8.01. The van der Waals surface area contributed by atoms with Gasteiger partial charge in [0.15, 0.2) is 0 Å². The second-order valence-electron chi connectivity index (χ2n) is 5.82. The molecule has 0 aliphatic carbocycles. The molecule has 0 amide bonds. The lowest BCUT2D eigenvalue weighted by atomic mass is 9.83. The van der Waals surface area contributed by atoms with Gasteiger partial charge in [-0.2, -0.15) is 0 Å². The predicted octanol–water partition coefficient (Wildman–Crippen LogP) is 6.02. The van der Waals surface area contributed by atoms with Crippen molar-refractivity contribution >= 4 is 10.8 Å². The van der Waals surface area contributed by atoms with Gasteiger partial charge < -0.3 is 0 Å². The topological polar surface area (TPSA) is 0 Å². The standard InChI is InChI=1S/C23H18/c1-3-11-19(12-4-1)23(20-13-5-2-6-14-20)22-17-9-15-18-10-7-8-16-21(18)22/h1-17,23H. The van der Waals surface area contributed by atoms with Gasteiger partial charge in [-0.25, -0.2) is 0 Å². The molecule has 4 aromatic rings. The minimum absolute atomic E-state index is 0.253. The number of hydrogen-bond donors (Lipinski definition) is 0. The van der Waals surface area contributed by atoms with Crippen molar-refractivity contribution in [2.24, 2.45) is 0 Å². The highest BCUT2D eigenvalue weighted by molar-refractivity contribution is 5.87. The lowest BCUT2D eigenvalue weighted by molar-refractivity contribution is 0.989. The second kappa shape index (κ2) is 6.10. The average molecular weight is 294 g/mol. The minimum Gasteiger partial charge on any atom is -0.0622 e. The van der Waals surface area contributed by atoms with Gasteiger partial charge in [-0.1, -0.05) is 103 Å². The van der Waals surface area contributed by atoms with Crippen LogP contribution in [0, 0.1) is 0 Å². The zero-order chi connectivity index (χ0) is 15.5. The van der Waals surface area contributed by atoms with Crippen LogP contribution < -0.4 is 0 Å². The molecule has 0 saturated carbocycles. The third kappa shape index (κ3) is 2.64. The van der Waals surface area contributed by atoms with E-state index in [1.807, 2.05) is 0 Å². The van der Waals surface area contributed by atoms with E-state index in [-0.39, 0.29) is 5.92 Å². The molecule has 0 atom stereocenters. The molecule has 0 heteroatoms. The summed E-state index contributed by atoms with van der Waals surface area (Å²) in [5.74, 6) is 0.253. The molecule has 0 unspecified atom stereocenters. The smallest absolute Gasteiger partial charge is 0.0346 e. The Labute approximate surface area is 137 Å². The van der Waals surface area contributed by atoms with Gasteiger partial charge in [0.1, 0.15) is 0 Å². The molecule has 4 rings (SSSR count). The summed E-state index contributed by atoms with van der Waals surface area (Å²) in [5.41, 5.74) is 4.02. The van der Waals surface area contributed by atoms with Crippen molar-refractivity contribution in [2.75, 3.05) is 0 Å². The average Bonchev–Trinajstić information content (AvgIpc) is 2.64. The molecule has 4 aromatic carbocycles. The molecule has 23 heavy (non-hydrogen) atoms. The Hall–Kier alpha value is -2.86. The van der Waals surface area contributed by atoms with E-state index in [4.69, 9.17) is 0 Å². The summed E-state index contributed by atoms with van der Waals surface area (Å²) >= 11 is 0. The van der Waals surface area contributed by atoms with Crippen LogP contribution in [0.2, 0.25) is 0 Å². The van der Waals surface area contributed by atoms with Crippen molar-refractivity contribution in [1.82, 2.24) is 0 Å². The molecule has 0 N–H and O–H groups in total. The maximum Gasteiger partial charge on any atom is 0.0346 e. The lowest BCUT2D eigenvalue weighted by Gasteiger charge is -2.20. The quantitative estimate of drug-likeness (QED) is 0.405. The number of rotatable bonds is 3. The third-order valence-electron chi connectivity index (χ3n) is 4.40. The van der Waals surface area contributed by atoms with Crippen molar-refractivity contribution in [1.29, 1.82) is 0 Å². The lowest BCUT2D eigenvalue weighted by Crippen LogP contribution is -2.03. The molecule has 0 aromatic heterocycles. The van der Waals surface area contributed by atoms with Crippen LogP contribution in [-0.4, -0.2) is 0 Å². The zero-order valence-electron chi connectivity index (χ0n) is 12.9. The molecule has 0 fully saturated rings. The molecule has 0 aliphatic rings. The predicted molar refractivity (Wildman–Crippen MR) is 97.8 cm³/mol. The van der Waals surface area contributed by atoms with Crippen LogP contribution in [0.5, 0.6) is 0 Å². The van der Waals surface area contributed by atoms with Crippen molar-refractivity contribution in [3.8, 4) is 0 Å². The first-order chi connectivity index (χ1) is 11.4. The first-order valence-electron chi connectivity index (χ1n) is 8.01. The summed E-state index contributed by atoms with van der Waals surface area (Å²) < 4.78 is 0. The highest BCUT2D eigenvalue weighted by Crippen LogP contribution is 2.35. The summed E-state index contributed by atoms with van der Waals surface area (Å²) in [7, 11) is 0. The van der Waals surface area contributed by atoms with Crippen molar-refractivity contribution < 1.29 is 0 Å². The largest absolute Gasteiger partial charge is 0.0622 e. The molecule has 0 saturated heterocycles. The van der Waals surface area contributed by atoms with Crippen LogP contribution in [0.4, 0.5) is 0 Å². The first kappa shape index (κ1) is 13.8. The maximum atomic E-state index is 2.26. The molecule has 110 valence electrons. The van der Waals surface area contributed by atoms with Crippen LogP contribution in [0.25, 0.3) is 10.8 Å². The minimum atomic E-state index is 0.253. The van der Waals surface area contributed by atoms with E-state index in [2.05, 4.69) is 103 Å². The SMILES string of the molecule is c1ccc(C(c2ccccc2)c2cccc3ccccc23)cc1. The monoisotopic (exact) mass is 294 g/mol. The van der Waals surface area contributed by atoms with Crippen LogP contribution in [0.1, 0.15) is 22.6 Å². The summed E-state index contributed by atoms with van der Waals surface area (Å²) in [5, 5.41) is 2.62. The maximum absolute atomic E-state index is 2.26.